The van der Waals surface area contributed by atoms with Gasteiger partial charge in [-0.3, -0.25) is 4.79 Å². The quantitative estimate of drug-likeness (QED) is 0.862. The van der Waals surface area contributed by atoms with Crippen molar-refractivity contribution in [3.63, 3.8) is 0 Å². The van der Waals surface area contributed by atoms with Crippen LogP contribution in [0.15, 0.2) is 40.8 Å². The highest BCUT2D eigenvalue weighted by atomic mass is 16.3. The lowest BCUT2D eigenvalue weighted by Crippen LogP contribution is -2.22. The van der Waals surface area contributed by atoms with Crippen molar-refractivity contribution >= 4 is 5.91 Å². The van der Waals surface area contributed by atoms with Crippen LogP contribution >= 0.6 is 0 Å². The maximum absolute atomic E-state index is 11.8. The predicted octanol–water partition coefficient (Wildman–Crippen LogP) is 2.02. The van der Waals surface area contributed by atoms with Crippen molar-refractivity contribution in [2.75, 3.05) is 6.54 Å². The summed E-state index contributed by atoms with van der Waals surface area (Å²) < 4.78 is 5.26. The third-order valence-electron chi connectivity index (χ3n) is 2.87. The third-order valence-corrected chi connectivity index (χ3v) is 2.87. The van der Waals surface area contributed by atoms with E-state index in [0.29, 0.717) is 18.8 Å². The number of hydrogen-bond donors (Lipinski definition) is 2. The second-order valence-corrected chi connectivity index (χ2v) is 4.45. The van der Waals surface area contributed by atoms with E-state index in [1.54, 1.807) is 12.1 Å². The molecule has 1 aromatic heterocycles. The topological polar surface area (TPSA) is 68.3 Å². The zero-order valence-electron chi connectivity index (χ0n) is 11.0. The van der Waals surface area contributed by atoms with Crippen LogP contribution in [0.1, 0.15) is 27.4 Å². The summed E-state index contributed by atoms with van der Waals surface area (Å²) in [7, 11) is 0. The second-order valence-electron chi connectivity index (χ2n) is 4.45. The molecular weight excluding hydrogens is 240 g/mol. The number of benzene rings is 1. The Balaban J connectivity index is 1.89. The first-order valence-electron chi connectivity index (χ1n) is 6.31. The van der Waals surface area contributed by atoms with Gasteiger partial charge >= 0.3 is 0 Å². The number of carbonyl (C=O) groups is 1. The van der Waals surface area contributed by atoms with Crippen LogP contribution in [0, 0.1) is 6.92 Å². The standard InChI is InChI=1S/C15H18N2O2/c1-11-2-7-14(19-11)15(18)17-10-13-5-3-12(4-6-13)8-9-16/h2-7H,8-10,16H2,1H3,(H,17,18). The number of carbonyl (C=O) groups excluding carboxylic acids is 1. The summed E-state index contributed by atoms with van der Waals surface area (Å²) in [4.78, 5) is 11.8. The van der Waals surface area contributed by atoms with Crippen LogP contribution < -0.4 is 11.1 Å². The lowest BCUT2D eigenvalue weighted by molar-refractivity contribution is 0.0922. The summed E-state index contributed by atoms with van der Waals surface area (Å²) in [5.41, 5.74) is 7.76. The minimum atomic E-state index is -0.195. The number of nitrogens with two attached hydrogens (primary N) is 1. The van der Waals surface area contributed by atoms with E-state index in [9.17, 15) is 4.79 Å². The van der Waals surface area contributed by atoms with E-state index in [2.05, 4.69) is 5.32 Å². The maximum atomic E-state index is 11.8. The third kappa shape index (κ3) is 3.69. The average Bonchev–Trinajstić information content (AvgIpc) is 2.85. The normalized spacial score (nSPS) is 10.4. The molecule has 0 saturated carbocycles. The van der Waals surface area contributed by atoms with Gasteiger partial charge in [0.2, 0.25) is 0 Å². The van der Waals surface area contributed by atoms with Gasteiger partial charge in [-0.25, -0.2) is 0 Å². The molecule has 0 radical (unpaired) electrons. The molecule has 19 heavy (non-hydrogen) atoms. The van der Waals surface area contributed by atoms with Crippen molar-refractivity contribution in [2.24, 2.45) is 5.73 Å². The lowest BCUT2D eigenvalue weighted by atomic mass is 10.1. The number of aryl methyl sites for hydroxylation is 1. The first-order chi connectivity index (χ1) is 9.19. The number of nitrogens with one attached hydrogen (secondary N) is 1. The molecule has 0 aliphatic carbocycles. The van der Waals surface area contributed by atoms with Crippen LogP contribution in [-0.2, 0) is 13.0 Å². The molecule has 2 aromatic rings. The summed E-state index contributed by atoms with van der Waals surface area (Å²) in [6.07, 6.45) is 0.873. The molecule has 2 rings (SSSR count). The van der Waals surface area contributed by atoms with Crippen molar-refractivity contribution in [2.45, 2.75) is 19.9 Å². The minimum Gasteiger partial charge on any atom is -0.456 e. The highest BCUT2D eigenvalue weighted by Gasteiger charge is 2.08. The molecule has 1 amide bonds. The highest BCUT2D eigenvalue weighted by molar-refractivity contribution is 5.91. The predicted molar refractivity (Wildman–Crippen MR) is 73.8 cm³/mol. The Hall–Kier alpha value is -2.07. The average molecular weight is 258 g/mol. The largest absolute Gasteiger partial charge is 0.456 e. The summed E-state index contributed by atoms with van der Waals surface area (Å²) in [5, 5.41) is 2.82. The molecule has 0 fully saturated rings. The van der Waals surface area contributed by atoms with Crippen molar-refractivity contribution in [1.29, 1.82) is 0 Å². The fourth-order valence-electron chi connectivity index (χ4n) is 1.82. The van der Waals surface area contributed by atoms with Crippen LogP contribution in [0.4, 0.5) is 0 Å². The molecule has 0 spiro atoms. The van der Waals surface area contributed by atoms with Gasteiger partial charge in [0.05, 0.1) is 0 Å². The van der Waals surface area contributed by atoms with Crippen molar-refractivity contribution in [3.05, 3.63) is 59.0 Å². The lowest BCUT2D eigenvalue weighted by Gasteiger charge is -2.05. The number of hydrogen-bond acceptors (Lipinski definition) is 3. The number of furan rings is 1. The van der Waals surface area contributed by atoms with Crippen LogP contribution in [0.25, 0.3) is 0 Å². The summed E-state index contributed by atoms with van der Waals surface area (Å²) >= 11 is 0. The molecule has 4 nitrogen and oxygen atoms in total. The molecule has 0 unspecified atom stereocenters. The van der Waals surface area contributed by atoms with Crippen LogP contribution in [0.5, 0.6) is 0 Å². The van der Waals surface area contributed by atoms with E-state index in [-0.39, 0.29) is 5.91 Å². The molecule has 0 bridgehead atoms. The van der Waals surface area contributed by atoms with Gasteiger partial charge in [0.25, 0.3) is 5.91 Å². The van der Waals surface area contributed by atoms with Gasteiger partial charge in [0.1, 0.15) is 5.76 Å². The van der Waals surface area contributed by atoms with Gasteiger partial charge in [-0.1, -0.05) is 24.3 Å². The maximum Gasteiger partial charge on any atom is 0.287 e. The van der Waals surface area contributed by atoms with Crippen LogP contribution in [-0.4, -0.2) is 12.5 Å². The van der Waals surface area contributed by atoms with E-state index in [4.69, 9.17) is 10.2 Å². The molecular formula is C15H18N2O2. The Labute approximate surface area is 112 Å². The molecule has 1 aromatic carbocycles. The zero-order valence-corrected chi connectivity index (χ0v) is 11.0. The van der Waals surface area contributed by atoms with E-state index < -0.39 is 0 Å². The molecule has 1 heterocycles. The zero-order chi connectivity index (χ0) is 13.7. The Kier molecular flexibility index (Phi) is 4.36. The van der Waals surface area contributed by atoms with Gasteiger partial charge in [0, 0.05) is 6.54 Å². The van der Waals surface area contributed by atoms with Crippen molar-refractivity contribution < 1.29 is 9.21 Å². The van der Waals surface area contributed by atoms with Crippen molar-refractivity contribution in [1.82, 2.24) is 5.32 Å². The smallest absolute Gasteiger partial charge is 0.287 e. The Morgan fingerprint density at radius 2 is 1.84 bits per heavy atom. The second kappa shape index (κ2) is 6.20. The summed E-state index contributed by atoms with van der Waals surface area (Å²) in [5.74, 6) is 0.882. The first kappa shape index (κ1) is 13.4. The van der Waals surface area contributed by atoms with Gasteiger partial charge in [0.15, 0.2) is 5.76 Å². The number of amides is 1. The molecule has 4 heteroatoms. The Morgan fingerprint density at radius 3 is 2.42 bits per heavy atom. The highest BCUT2D eigenvalue weighted by Crippen LogP contribution is 2.07. The van der Waals surface area contributed by atoms with Gasteiger partial charge in [-0.05, 0) is 43.1 Å². The summed E-state index contributed by atoms with van der Waals surface area (Å²) in [6.45, 7) is 2.95. The molecule has 0 saturated heterocycles. The SMILES string of the molecule is Cc1ccc(C(=O)NCc2ccc(CCN)cc2)o1. The molecule has 0 aliphatic rings. The van der Waals surface area contributed by atoms with E-state index in [1.165, 1.54) is 5.56 Å². The van der Waals surface area contributed by atoms with Gasteiger partial charge in [-0.2, -0.15) is 0 Å². The van der Waals surface area contributed by atoms with Crippen molar-refractivity contribution in [3.8, 4) is 0 Å². The number of rotatable bonds is 5. The van der Waals surface area contributed by atoms with E-state index in [1.807, 2.05) is 31.2 Å². The Bertz CT molecular complexity index is 544. The fraction of sp³-hybridized carbons (Fsp3) is 0.267. The first-order valence-corrected chi connectivity index (χ1v) is 6.31. The Morgan fingerprint density at radius 1 is 1.16 bits per heavy atom. The van der Waals surface area contributed by atoms with E-state index >= 15 is 0 Å². The molecule has 3 N–H and O–H groups in total. The fourth-order valence-corrected chi connectivity index (χ4v) is 1.82. The van der Waals surface area contributed by atoms with Crippen LogP contribution in [0.3, 0.4) is 0 Å². The molecule has 0 aliphatic heterocycles. The van der Waals surface area contributed by atoms with E-state index in [0.717, 1.165) is 17.7 Å². The molecule has 0 atom stereocenters. The van der Waals surface area contributed by atoms with Crippen LogP contribution in [0.2, 0.25) is 0 Å². The summed E-state index contributed by atoms with van der Waals surface area (Å²) in [6, 6.07) is 11.5. The monoisotopic (exact) mass is 258 g/mol. The molecule has 100 valence electrons. The van der Waals surface area contributed by atoms with Gasteiger partial charge < -0.3 is 15.5 Å². The van der Waals surface area contributed by atoms with Gasteiger partial charge in [-0.15, -0.1) is 0 Å². The minimum absolute atomic E-state index is 0.195.